The first kappa shape index (κ1) is 20.7. The van der Waals surface area contributed by atoms with E-state index in [2.05, 4.69) is 19.1 Å². The van der Waals surface area contributed by atoms with Crippen LogP contribution < -0.4 is 0 Å². The highest BCUT2D eigenvalue weighted by Gasteiger charge is 2.21. The van der Waals surface area contributed by atoms with Crippen molar-refractivity contribution >= 4 is 0 Å². The molecule has 0 atom stereocenters. The highest BCUT2D eigenvalue weighted by molar-refractivity contribution is 5.71. The maximum Gasteiger partial charge on any atom is 0.131 e. The van der Waals surface area contributed by atoms with Crippen LogP contribution in [-0.2, 0) is 0 Å². The van der Waals surface area contributed by atoms with E-state index in [4.69, 9.17) is 0 Å². The molecule has 1 aliphatic carbocycles. The molecule has 0 bridgehead atoms. The van der Waals surface area contributed by atoms with Crippen molar-refractivity contribution in [2.45, 2.75) is 51.4 Å². The number of hydrogen-bond donors (Lipinski definition) is 0. The Kier molecular flexibility index (Phi) is 6.26. The van der Waals surface area contributed by atoms with Gasteiger partial charge in [-0.05, 0) is 78.0 Å². The molecule has 1 fully saturated rings. The van der Waals surface area contributed by atoms with E-state index < -0.39 is 17.5 Å². The van der Waals surface area contributed by atoms with Gasteiger partial charge in [0, 0.05) is 11.6 Å². The van der Waals surface area contributed by atoms with Crippen LogP contribution >= 0.6 is 0 Å². The molecule has 0 amide bonds. The normalized spacial score (nSPS) is 19.1. The van der Waals surface area contributed by atoms with Crippen molar-refractivity contribution in [3.05, 3.63) is 83.7 Å². The van der Waals surface area contributed by atoms with Crippen LogP contribution in [0.2, 0.25) is 0 Å². The fourth-order valence-corrected chi connectivity index (χ4v) is 4.78. The van der Waals surface area contributed by atoms with Crippen molar-refractivity contribution < 1.29 is 13.2 Å². The Morgan fingerprint density at radius 1 is 0.700 bits per heavy atom. The summed E-state index contributed by atoms with van der Waals surface area (Å²) < 4.78 is 41.7. The summed E-state index contributed by atoms with van der Waals surface area (Å²) in [5, 5.41) is 0. The molecule has 1 saturated carbocycles. The van der Waals surface area contributed by atoms with Crippen molar-refractivity contribution in [2.24, 2.45) is 5.92 Å². The van der Waals surface area contributed by atoms with E-state index >= 15 is 0 Å². The number of hydrogen-bond acceptors (Lipinski definition) is 0. The van der Waals surface area contributed by atoms with Gasteiger partial charge in [-0.25, -0.2) is 13.2 Å². The predicted molar refractivity (Wildman–Crippen MR) is 117 cm³/mol. The summed E-state index contributed by atoms with van der Waals surface area (Å²) in [6.07, 6.45) is 7.74. The molecule has 0 unspecified atom stereocenters. The molecule has 156 valence electrons. The molecule has 30 heavy (non-hydrogen) atoms. The molecule has 3 aromatic rings. The van der Waals surface area contributed by atoms with Gasteiger partial charge < -0.3 is 0 Å². The van der Waals surface area contributed by atoms with Crippen molar-refractivity contribution in [1.82, 2.24) is 0 Å². The number of halogens is 3. The maximum atomic E-state index is 14.7. The molecule has 0 saturated heterocycles. The zero-order chi connectivity index (χ0) is 21.1. The monoisotopic (exact) mass is 408 g/mol. The van der Waals surface area contributed by atoms with E-state index in [1.54, 1.807) is 12.1 Å². The van der Waals surface area contributed by atoms with Crippen molar-refractivity contribution in [3.8, 4) is 22.3 Å². The third-order valence-electron chi connectivity index (χ3n) is 6.40. The van der Waals surface area contributed by atoms with E-state index in [-0.39, 0.29) is 11.1 Å². The quantitative estimate of drug-likeness (QED) is 0.397. The van der Waals surface area contributed by atoms with Crippen LogP contribution in [0.4, 0.5) is 13.2 Å². The average molecular weight is 409 g/mol. The van der Waals surface area contributed by atoms with Crippen LogP contribution in [0.5, 0.6) is 0 Å². The first-order chi connectivity index (χ1) is 14.5. The summed E-state index contributed by atoms with van der Waals surface area (Å²) in [4.78, 5) is 0. The molecule has 4 rings (SSSR count). The fraction of sp³-hybridized carbons (Fsp3) is 0.333. The van der Waals surface area contributed by atoms with Gasteiger partial charge in [0.2, 0.25) is 0 Å². The largest absolute Gasteiger partial charge is 0.207 e. The van der Waals surface area contributed by atoms with Gasteiger partial charge in [0.15, 0.2) is 0 Å². The fourth-order valence-electron chi connectivity index (χ4n) is 4.78. The third-order valence-corrected chi connectivity index (χ3v) is 6.40. The van der Waals surface area contributed by atoms with Gasteiger partial charge in [-0.3, -0.25) is 0 Å². The summed E-state index contributed by atoms with van der Waals surface area (Å²) in [7, 11) is 0. The first-order valence-corrected chi connectivity index (χ1v) is 10.9. The minimum absolute atomic E-state index is 0.192. The van der Waals surface area contributed by atoms with Crippen molar-refractivity contribution in [2.75, 3.05) is 0 Å². The molecular formula is C27H27F3. The summed E-state index contributed by atoms with van der Waals surface area (Å²) in [5.74, 6) is -0.413. The zero-order valence-corrected chi connectivity index (χ0v) is 17.3. The Balaban J connectivity index is 1.50. The van der Waals surface area contributed by atoms with Crippen LogP contribution in [0.3, 0.4) is 0 Å². The van der Waals surface area contributed by atoms with Gasteiger partial charge in [-0.1, -0.05) is 56.2 Å². The highest BCUT2D eigenvalue weighted by Crippen LogP contribution is 2.38. The highest BCUT2D eigenvalue weighted by atomic mass is 19.1. The Labute approximate surface area is 176 Å². The SMILES string of the molecule is CCCC1CCC(c2ccc(-c3ccc(-c4cc(F)cc(F)c4)c(F)c3)cc2)CC1. The molecule has 0 spiro atoms. The molecule has 3 aromatic carbocycles. The summed E-state index contributed by atoms with van der Waals surface area (Å²) in [5.41, 5.74) is 3.45. The standard InChI is InChI=1S/C27H27F3/c1-2-3-18-4-6-19(7-5-18)20-8-10-21(11-9-20)22-12-13-26(27(30)16-22)23-14-24(28)17-25(29)15-23/h8-19H,2-7H2,1H3. The lowest BCUT2D eigenvalue weighted by Gasteiger charge is -2.28. The Bertz CT molecular complexity index is 979. The lowest BCUT2D eigenvalue weighted by atomic mass is 9.77. The average Bonchev–Trinajstić information content (AvgIpc) is 2.74. The lowest BCUT2D eigenvalue weighted by molar-refractivity contribution is 0.308. The second-order valence-electron chi connectivity index (χ2n) is 8.48. The summed E-state index contributed by atoms with van der Waals surface area (Å²) in [6, 6.07) is 16.3. The zero-order valence-electron chi connectivity index (χ0n) is 17.3. The van der Waals surface area contributed by atoms with Gasteiger partial charge in [-0.15, -0.1) is 0 Å². The van der Waals surface area contributed by atoms with Crippen LogP contribution in [0.15, 0.2) is 60.7 Å². The van der Waals surface area contributed by atoms with E-state index in [1.165, 1.54) is 50.2 Å². The van der Waals surface area contributed by atoms with E-state index in [0.717, 1.165) is 35.2 Å². The Morgan fingerprint density at radius 3 is 1.93 bits per heavy atom. The molecule has 0 aliphatic heterocycles. The molecular weight excluding hydrogens is 381 g/mol. The second kappa shape index (κ2) is 9.07. The van der Waals surface area contributed by atoms with E-state index in [9.17, 15) is 13.2 Å². The van der Waals surface area contributed by atoms with E-state index in [1.807, 2.05) is 12.1 Å². The van der Waals surface area contributed by atoms with Crippen LogP contribution in [0.25, 0.3) is 22.3 Å². The van der Waals surface area contributed by atoms with Gasteiger partial charge in [-0.2, -0.15) is 0 Å². The molecule has 0 nitrogen and oxygen atoms in total. The van der Waals surface area contributed by atoms with Crippen LogP contribution in [0, 0.1) is 23.4 Å². The summed E-state index contributed by atoms with van der Waals surface area (Å²) >= 11 is 0. The van der Waals surface area contributed by atoms with Gasteiger partial charge in [0.25, 0.3) is 0 Å². The van der Waals surface area contributed by atoms with Crippen LogP contribution in [0.1, 0.15) is 56.9 Å². The van der Waals surface area contributed by atoms with Gasteiger partial charge in [0.05, 0.1) is 0 Å². The molecule has 0 N–H and O–H groups in total. The Hall–Kier alpha value is -2.55. The lowest BCUT2D eigenvalue weighted by Crippen LogP contribution is -2.13. The predicted octanol–water partition coefficient (Wildman–Crippen LogP) is 8.51. The molecule has 0 aromatic heterocycles. The minimum Gasteiger partial charge on any atom is -0.207 e. The molecule has 3 heteroatoms. The van der Waals surface area contributed by atoms with Gasteiger partial charge in [0.1, 0.15) is 17.5 Å². The van der Waals surface area contributed by atoms with Crippen molar-refractivity contribution in [1.29, 1.82) is 0 Å². The number of rotatable bonds is 5. The maximum absolute atomic E-state index is 14.7. The molecule has 1 aliphatic rings. The summed E-state index contributed by atoms with van der Waals surface area (Å²) in [6.45, 7) is 2.26. The third kappa shape index (κ3) is 4.61. The smallest absolute Gasteiger partial charge is 0.131 e. The second-order valence-corrected chi connectivity index (χ2v) is 8.48. The minimum atomic E-state index is -0.715. The van der Waals surface area contributed by atoms with Gasteiger partial charge >= 0.3 is 0 Å². The van der Waals surface area contributed by atoms with E-state index in [0.29, 0.717) is 5.92 Å². The molecule has 0 heterocycles. The topological polar surface area (TPSA) is 0 Å². The first-order valence-electron chi connectivity index (χ1n) is 10.9. The Morgan fingerprint density at radius 2 is 1.33 bits per heavy atom. The van der Waals surface area contributed by atoms with Crippen molar-refractivity contribution in [3.63, 3.8) is 0 Å². The number of benzene rings is 3. The molecule has 0 radical (unpaired) electrons. The van der Waals surface area contributed by atoms with Crippen LogP contribution in [-0.4, -0.2) is 0 Å².